The van der Waals surface area contributed by atoms with E-state index in [0.717, 1.165) is 5.56 Å². The van der Waals surface area contributed by atoms with Gasteiger partial charge in [-0.1, -0.05) is 0 Å². The number of halogens is 4. The van der Waals surface area contributed by atoms with Gasteiger partial charge in [0.1, 0.15) is 0 Å². The Morgan fingerprint density at radius 3 is 2.24 bits per heavy atom. The van der Waals surface area contributed by atoms with Gasteiger partial charge in [0.2, 0.25) is 0 Å². The van der Waals surface area contributed by atoms with Crippen LogP contribution in [0.25, 0.3) is 0 Å². The zero-order valence-electron chi connectivity index (χ0n) is 11.4. The molecule has 2 rings (SSSR count). The Morgan fingerprint density at radius 2 is 1.81 bits per heavy atom. The van der Waals surface area contributed by atoms with Gasteiger partial charge in [-0.2, -0.15) is 13.2 Å². The van der Waals surface area contributed by atoms with Gasteiger partial charge in [-0.05, 0) is 30.5 Å². The average Bonchev–Trinajstić information content (AvgIpc) is 2.42. The first-order chi connectivity index (χ1) is 9.37. The summed E-state index contributed by atoms with van der Waals surface area (Å²) in [5.74, 6) is 0. The molecule has 1 aliphatic heterocycles. The molecule has 0 aromatic carbocycles. The highest BCUT2D eigenvalue weighted by Crippen LogP contribution is 2.39. The third kappa shape index (κ3) is 3.85. The third-order valence-electron chi connectivity index (χ3n) is 3.91. The van der Waals surface area contributed by atoms with Crippen LogP contribution >= 0.6 is 12.4 Å². The van der Waals surface area contributed by atoms with Gasteiger partial charge in [-0.3, -0.25) is 9.88 Å². The van der Waals surface area contributed by atoms with E-state index < -0.39 is 11.8 Å². The molecule has 1 aliphatic rings. The predicted octanol–water partition coefficient (Wildman–Crippen LogP) is 1.89. The number of rotatable bonds is 3. The fraction of sp³-hybridized carbons (Fsp3) is 0.615. The summed E-state index contributed by atoms with van der Waals surface area (Å²) in [7, 11) is 0. The maximum atomic E-state index is 12.8. The normalized spacial score (nSPS) is 20.6. The summed E-state index contributed by atoms with van der Waals surface area (Å²) in [6.07, 6.45) is -1.95. The number of hydrogen-bond acceptors (Lipinski definition) is 4. The number of hydrogen-bond donors (Lipinski definition) is 2. The highest BCUT2D eigenvalue weighted by Gasteiger charge is 2.54. The standard InChI is InChI=1S/C13H18F3N3O.ClH/c14-13(15,16)12(20)3-7-19(8-4-12)11(9-17)10-1-5-18-6-2-10;/h1-2,5-6,11,20H,3-4,7-9,17H2;1H. The van der Waals surface area contributed by atoms with Crippen LogP contribution in [-0.2, 0) is 0 Å². The number of aliphatic hydroxyl groups is 1. The maximum absolute atomic E-state index is 12.8. The van der Waals surface area contributed by atoms with E-state index in [-0.39, 0.29) is 44.4 Å². The molecule has 8 heteroatoms. The fourth-order valence-corrected chi connectivity index (χ4v) is 2.57. The van der Waals surface area contributed by atoms with E-state index in [1.165, 1.54) is 0 Å². The summed E-state index contributed by atoms with van der Waals surface area (Å²) >= 11 is 0. The minimum Gasteiger partial charge on any atom is -0.380 e. The van der Waals surface area contributed by atoms with Crippen molar-refractivity contribution >= 4 is 12.4 Å². The first-order valence-corrected chi connectivity index (χ1v) is 6.50. The molecule has 1 aromatic heterocycles. The number of aromatic nitrogens is 1. The lowest BCUT2D eigenvalue weighted by Gasteiger charge is -2.42. The second kappa shape index (κ2) is 6.91. The summed E-state index contributed by atoms with van der Waals surface area (Å²) in [6, 6.07) is 3.47. The summed E-state index contributed by atoms with van der Waals surface area (Å²) in [6.45, 7) is 0.648. The van der Waals surface area contributed by atoms with Gasteiger partial charge in [0.05, 0.1) is 0 Å². The van der Waals surface area contributed by atoms with Crippen LogP contribution in [-0.4, -0.2) is 46.4 Å². The van der Waals surface area contributed by atoms with Crippen LogP contribution < -0.4 is 5.73 Å². The highest BCUT2D eigenvalue weighted by molar-refractivity contribution is 5.85. The lowest BCUT2D eigenvalue weighted by atomic mass is 9.89. The number of nitrogens with two attached hydrogens (primary N) is 1. The van der Waals surface area contributed by atoms with Crippen molar-refractivity contribution < 1.29 is 18.3 Å². The monoisotopic (exact) mass is 325 g/mol. The van der Waals surface area contributed by atoms with Crippen LogP contribution in [0.1, 0.15) is 24.4 Å². The molecule has 1 unspecified atom stereocenters. The topological polar surface area (TPSA) is 62.4 Å². The van der Waals surface area contributed by atoms with E-state index in [0.29, 0.717) is 6.54 Å². The molecule has 3 N–H and O–H groups in total. The number of pyridine rings is 1. The van der Waals surface area contributed by atoms with E-state index in [9.17, 15) is 18.3 Å². The Morgan fingerprint density at radius 1 is 1.29 bits per heavy atom. The van der Waals surface area contributed by atoms with Gasteiger partial charge < -0.3 is 10.8 Å². The number of likely N-dealkylation sites (tertiary alicyclic amines) is 1. The van der Waals surface area contributed by atoms with E-state index in [4.69, 9.17) is 5.73 Å². The Bertz CT molecular complexity index is 436. The van der Waals surface area contributed by atoms with Crippen molar-refractivity contribution in [3.8, 4) is 0 Å². The quantitative estimate of drug-likeness (QED) is 0.891. The molecule has 0 spiro atoms. The third-order valence-corrected chi connectivity index (χ3v) is 3.91. The predicted molar refractivity (Wildman–Crippen MR) is 75.1 cm³/mol. The second-order valence-electron chi connectivity index (χ2n) is 5.10. The summed E-state index contributed by atoms with van der Waals surface area (Å²) in [5, 5.41) is 9.66. The Labute approximate surface area is 127 Å². The molecule has 4 nitrogen and oxygen atoms in total. The molecule has 1 atom stereocenters. The van der Waals surface area contributed by atoms with Gasteiger partial charge in [-0.25, -0.2) is 0 Å². The molecule has 0 amide bonds. The zero-order valence-corrected chi connectivity index (χ0v) is 12.2. The van der Waals surface area contributed by atoms with Crippen molar-refractivity contribution in [1.82, 2.24) is 9.88 Å². The first kappa shape index (κ1) is 18.2. The van der Waals surface area contributed by atoms with E-state index in [1.807, 2.05) is 17.0 Å². The van der Waals surface area contributed by atoms with Crippen LogP contribution in [0.3, 0.4) is 0 Å². The van der Waals surface area contributed by atoms with Gasteiger partial charge in [-0.15, -0.1) is 12.4 Å². The van der Waals surface area contributed by atoms with Crippen molar-refractivity contribution in [1.29, 1.82) is 0 Å². The first-order valence-electron chi connectivity index (χ1n) is 6.50. The van der Waals surface area contributed by atoms with Crippen molar-refractivity contribution in [3.63, 3.8) is 0 Å². The zero-order chi connectivity index (χ0) is 14.8. The molecule has 2 heterocycles. The average molecular weight is 326 g/mol. The van der Waals surface area contributed by atoms with Crippen molar-refractivity contribution in [2.75, 3.05) is 19.6 Å². The molecular weight excluding hydrogens is 307 g/mol. The van der Waals surface area contributed by atoms with Crippen LogP contribution in [0.2, 0.25) is 0 Å². The molecular formula is C13H19ClF3N3O. The van der Waals surface area contributed by atoms with Crippen molar-refractivity contribution in [2.45, 2.75) is 30.7 Å². The lowest BCUT2D eigenvalue weighted by molar-refractivity contribution is -0.273. The lowest BCUT2D eigenvalue weighted by Crippen LogP contribution is -2.54. The van der Waals surface area contributed by atoms with Crippen LogP contribution in [0, 0.1) is 0 Å². The number of nitrogens with zero attached hydrogens (tertiary/aromatic N) is 2. The molecule has 0 bridgehead atoms. The molecule has 21 heavy (non-hydrogen) atoms. The molecule has 1 aromatic rings. The highest BCUT2D eigenvalue weighted by atomic mass is 35.5. The molecule has 1 saturated heterocycles. The molecule has 1 fully saturated rings. The van der Waals surface area contributed by atoms with Crippen LogP contribution in [0.5, 0.6) is 0 Å². The molecule has 0 aliphatic carbocycles. The minimum absolute atomic E-state index is 0. The largest absolute Gasteiger partial charge is 0.417 e. The summed E-state index contributed by atoms with van der Waals surface area (Å²) < 4.78 is 38.3. The van der Waals surface area contributed by atoms with Gasteiger partial charge in [0, 0.05) is 38.1 Å². The van der Waals surface area contributed by atoms with Crippen molar-refractivity contribution in [2.24, 2.45) is 5.73 Å². The fourth-order valence-electron chi connectivity index (χ4n) is 2.57. The van der Waals surface area contributed by atoms with E-state index in [1.54, 1.807) is 12.4 Å². The molecule has 120 valence electrons. The van der Waals surface area contributed by atoms with Crippen molar-refractivity contribution in [3.05, 3.63) is 30.1 Å². The maximum Gasteiger partial charge on any atom is 0.417 e. The molecule has 0 saturated carbocycles. The van der Waals surface area contributed by atoms with Gasteiger partial charge in [0.25, 0.3) is 0 Å². The number of alkyl halides is 3. The Hall–Kier alpha value is -0.890. The van der Waals surface area contributed by atoms with Crippen LogP contribution in [0.4, 0.5) is 13.2 Å². The Kier molecular flexibility index (Phi) is 5.98. The number of piperidine rings is 1. The summed E-state index contributed by atoms with van der Waals surface area (Å²) in [4.78, 5) is 5.80. The smallest absolute Gasteiger partial charge is 0.380 e. The van der Waals surface area contributed by atoms with Gasteiger partial charge in [0.15, 0.2) is 5.60 Å². The minimum atomic E-state index is -4.58. The van der Waals surface area contributed by atoms with Gasteiger partial charge >= 0.3 is 6.18 Å². The second-order valence-corrected chi connectivity index (χ2v) is 5.10. The molecule has 0 radical (unpaired) electrons. The Balaban J connectivity index is 0.00000220. The van der Waals surface area contributed by atoms with E-state index in [2.05, 4.69) is 4.98 Å². The summed E-state index contributed by atoms with van der Waals surface area (Å²) in [5.41, 5.74) is 4.10. The van der Waals surface area contributed by atoms with E-state index >= 15 is 0 Å². The SMILES string of the molecule is Cl.NCC(c1ccncc1)N1CCC(O)(C(F)(F)F)CC1. The van der Waals surface area contributed by atoms with Crippen LogP contribution in [0.15, 0.2) is 24.5 Å².